The Morgan fingerprint density at radius 3 is 2.65 bits per heavy atom. The van der Waals surface area contributed by atoms with E-state index in [9.17, 15) is 4.79 Å². The molecule has 26 heavy (non-hydrogen) atoms. The molecule has 132 valence electrons. The zero-order valence-electron chi connectivity index (χ0n) is 14.5. The largest absolute Gasteiger partial charge is 0.353 e. The Morgan fingerprint density at radius 2 is 1.88 bits per heavy atom. The first-order valence-corrected chi connectivity index (χ1v) is 10.1. The van der Waals surface area contributed by atoms with Crippen LogP contribution in [0.5, 0.6) is 0 Å². The molecule has 0 saturated heterocycles. The summed E-state index contributed by atoms with van der Waals surface area (Å²) >= 11 is 7.66. The smallest absolute Gasteiger partial charge is 0.265 e. The van der Waals surface area contributed by atoms with Gasteiger partial charge in [-0.1, -0.05) is 35.9 Å². The molecule has 0 fully saturated rings. The molecule has 0 radical (unpaired) electrons. The molecule has 5 heteroatoms. The van der Waals surface area contributed by atoms with Gasteiger partial charge in [0.1, 0.15) is 5.03 Å². The van der Waals surface area contributed by atoms with Gasteiger partial charge in [-0.05, 0) is 61.6 Å². The third-order valence-electron chi connectivity index (χ3n) is 4.82. The number of halogens is 1. The summed E-state index contributed by atoms with van der Waals surface area (Å²) in [7, 11) is 0. The van der Waals surface area contributed by atoms with Gasteiger partial charge in [-0.15, -0.1) is 11.8 Å². The van der Waals surface area contributed by atoms with Crippen molar-refractivity contribution in [3.63, 3.8) is 0 Å². The molecule has 0 amide bonds. The van der Waals surface area contributed by atoms with Crippen molar-refractivity contribution in [3.8, 4) is 5.69 Å². The summed E-state index contributed by atoms with van der Waals surface area (Å²) < 4.78 is 1.75. The number of hydrogen-bond acceptors (Lipinski definition) is 3. The minimum absolute atomic E-state index is 0.208. The number of aromatic nitrogens is 2. The van der Waals surface area contributed by atoms with Crippen LogP contribution in [0.2, 0.25) is 5.02 Å². The standard InChI is InChI=1S/C21H19ClN2OS/c1-14-5-2-3-6-15(14)13-26-20-18-7-4-8-19(18)24(21(25)23-20)17-11-9-16(22)10-12-17/h2-3,5-6,9-12H,4,7-8,13H2,1H3. The lowest BCUT2D eigenvalue weighted by Gasteiger charge is -2.14. The van der Waals surface area contributed by atoms with Gasteiger partial charge in [0.2, 0.25) is 0 Å². The van der Waals surface area contributed by atoms with E-state index in [0.717, 1.165) is 41.4 Å². The van der Waals surface area contributed by atoms with E-state index in [1.54, 1.807) is 16.3 Å². The summed E-state index contributed by atoms with van der Waals surface area (Å²) in [5.41, 5.74) is 5.50. The van der Waals surface area contributed by atoms with Gasteiger partial charge in [0.15, 0.2) is 0 Å². The summed E-state index contributed by atoms with van der Waals surface area (Å²) in [6.07, 6.45) is 2.95. The molecule has 3 nitrogen and oxygen atoms in total. The molecule has 1 aliphatic rings. The topological polar surface area (TPSA) is 34.9 Å². The van der Waals surface area contributed by atoms with Gasteiger partial charge in [-0.25, -0.2) is 4.79 Å². The first kappa shape index (κ1) is 17.4. The van der Waals surface area contributed by atoms with E-state index < -0.39 is 0 Å². The van der Waals surface area contributed by atoms with Gasteiger partial charge in [0, 0.05) is 22.0 Å². The Balaban J connectivity index is 1.71. The summed E-state index contributed by atoms with van der Waals surface area (Å²) in [4.78, 5) is 17.2. The van der Waals surface area contributed by atoms with Crippen molar-refractivity contribution in [1.82, 2.24) is 9.55 Å². The maximum atomic E-state index is 12.8. The first-order valence-electron chi connectivity index (χ1n) is 8.71. The fraction of sp³-hybridized carbons (Fsp3) is 0.238. The normalized spacial score (nSPS) is 13.0. The highest BCUT2D eigenvalue weighted by Crippen LogP contribution is 2.32. The number of nitrogens with zero attached hydrogens (tertiary/aromatic N) is 2. The Morgan fingerprint density at radius 1 is 1.12 bits per heavy atom. The predicted molar refractivity (Wildman–Crippen MR) is 108 cm³/mol. The molecular formula is C21H19ClN2OS. The van der Waals surface area contributed by atoms with Crippen molar-refractivity contribution in [2.45, 2.75) is 37.0 Å². The Kier molecular flexibility index (Phi) is 4.88. The van der Waals surface area contributed by atoms with Gasteiger partial charge in [-0.2, -0.15) is 4.98 Å². The number of thioether (sulfide) groups is 1. The number of rotatable bonds is 4. The molecule has 2 aromatic carbocycles. The average Bonchev–Trinajstić information content (AvgIpc) is 3.11. The number of benzene rings is 2. The molecule has 0 atom stereocenters. The molecule has 0 saturated carbocycles. The van der Waals surface area contributed by atoms with Crippen LogP contribution in [0.3, 0.4) is 0 Å². The van der Waals surface area contributed by atoms with Crippen LogP contribution in [-0.2, 0) is 18.6 Å². The van der Waals surface area contributed by atoms with E-state index in [1.165, 1.54) is 16.7 Å². The average molecular weight is 383 g/mol. The van der Waals surface area contributed by atoms with E-state index in [0.29, 0.717) is 5.02 Å². The van der Waals surface area contributed by atoms with Crippen LogP contribution in [0, 0.1) is 6.92 Å². The minimum atomic E-state index is -0.208. The molecule has 1 aliphatic carbocycles. The van der Waals surface area contributed by atoms with E-state index in [2.05, 4.69) is 30.1 Å². The molecule has 3 aromatic rings. The highest BCUT2D eigenvalue weighted by atomic mass is 35.5. The van der Waals surface area contributed by atoms with Gasteiger partial charge in [0.25, 0.3) is 0 Å². The van der Waals surface area contributed by atoms with Crippen LogP contribution in [0.25, 0.3) is 5.69 Å². The SMILES string of the molecule is Cc1ccccc1CSc1nc(=O)n(-c2ccc(Cl)cc2)c2c1CCC2. The zero-order valence-corrected chi connectivity index (χ0v) is 16.1. The summed E-state index contributed by atoms with van der Waals surface area (Å²) in [6, 6.07) is 15.7. The van der Waals surface area contributed by atoms with E-state index in [4.69, 9.17) is 11.6 Å². The van der Waals surface area contributed by atoms with Gasteiger partial charge in [-0.3, -0.25) is 4.57 Å². The maximum Gasteiger partial charge on any atom is 0.353 e. The van der Waals surface area contributed by atoms with Crippen LogP contribution in [0.1, 0.15) is 28.8 Å². The monoisotopic (exact) mass is 382 g/mol. The zero-order chi connectivity index (χ0) is 18.1. The van der Waals surface area contributed by atoms with Crippen molar-refractivity contribution in [3.05, 3.63) is 86.4 Å². The molecule has 0 spiro atoms. The predicted octanol–water partition coefficient (Wildman–Crippen LogP) is 4.98. The van der Waals surface area contributed by atoms with E-state index >= 15 is 0 Å². The van der Waals surface area contributed by atoms with E-state index in [1.807, 2.05) is 30.3 Å². The highest BCUT2D eigenvalue weighted by Gasteiger charge is 2.22. The van der Waals surface area contributed by atoms with Crippen LogP contribution in [-0.4, -0.2) is 9.55 Å². The maximum absolute atomic E-state index is 12.8. The second kappa shape index (κ2) is 7.29. The van der Waals surface area contributed by atoms with Crippen molar-refractivity contribution < 1.29 is 0 Å². The Hall–Kier alpha value is -2.04. The van der Waals surface area contributed by atoms with E-state index in [-0.39, 0.29) is 5.69 Å². The van der Waals surface area contributed by atoms with Crippen molar-refractivity contribution >= 4 is 23.4 Å². The molecule has 0 aliphatic heterocycles. The molecule has 1 aromatic heterocycles. The quantitative estimate of drug-likeness (QED) is 0.471. The van der Waals surface area contributed by atoms with Gasteiger partial charge < -0.3 is 0 Å². The fourth-order valence-electron chi connectivity index (χ4n) is 3.42. The van der Waals surface area contributed by atoms with Crippen molar-refractivity contribution in [2.24, 2.45) is 0 Å². The first-order chi connectivity index (χ1) is 12.6. The fourth-order valence-corrected chi connectivity index (χ4v) is 4.70. The van der Waals surface area contributed by atoms with Crippen LogP contribution in [0.4, 0.5) is 0 Å². The van der Waals surface area contributed by atoms with Crippen LogP contribution < -0.4 is 5.69 Å². The number of aryl methyl sites for hydroxylation is 1. The second-order valence-corrected chi connectivity index (χ2v) is 7.91. The van der Waals surface area contributed by atoms with Crippen molar-refractivity contribution in [2.75, 3.05) is 0 Å². The van der Waals surface area contributed by atoms with Crippen molar-refractivity contribution in [1.29, 1.82) is 0 Å². The third kappa shape index (κ3) is 3.31. The second-order valence-electron chi connectivity index (χ2n) is 6.51. The highest BCUT2D eigenvalue weighted by molar-refractivity contribution is 7.98. The summed E-state index contributed by atoms with van der Waals surface area (Å²) in [5, 5.41) is 1.55. The van der Waals surface area contributed by atoms with Crippen LogP contribution >= 0.6 is 23.4 Å². The number of fused-ring (bicyclic) bond motifs is 1. The molecule has 0 bridgehead atoms. The molecule has 1 heterocycles. The van der Waals surface area contributed by atoms with Crippen LogP contribution in [0.15, 0.2) is 58.4 Å². The minimum Gasteiger partial charge on any atom is -0.265 e. The van der Waals surface area contributed by atoms with Gasteiger partial charge >= 0.3 is 5.69 Å². The third-order valence-corrected chi connectivity index (χ3v) is 6.13. The lowest BCUT2D eigenvalue weighted by Crippen LogP contribution is -2.25. The Labute approximate surface area is 162 Å². The lowest BCUT2D eigenvalue weighted by atomic mass is 10.1. The Bertz CT molecular complexity index is 1010. The molecular weight excluding hydrogens is 364 g/mol. The summed E-state index contributed by atoms with van der Waals surface area (Å²) in [5.74, 6) is 0.830. The molecule has 0 N–H and O–H groups in total. The molecule has 0 unspecified atom stereocenters. The summed E-state index contributed by atoms with van der Waals surface area (Å²) in [6.45, 7) is 2.12. The van der Waals surface area contributed by atoms with Gasteiger partial charge in [0.05, 0.1) is 5.69 Å². The molecule has 4 rings (SSSR count). The lowest BCUT2D eigenvalue weighted by molar-refractivity contribution is 0.802. The number of hydrogen-bond donors (Lipinski definition) is 0.